The van der Waals surface area contributed by atoms with Crippen LogP contribution in [-0.2, 0) is 7.05 Å². The molecule has 0 aliphatic heterocycles. The Morgan fingerprint density at radius 2 is 2.54 bits per heavy atom. The molecule has 1 saturated carbocycles. The highest BCUT2D eigenvalue weighted by molar-refractivity contribution is 5.94. The van der Waals surface area contributed by atoms with Crippen LogP contribution < -0.4 is 11.1 Å². The lowest BCUT2D eigenvalue weighted by atomic mass is 10.3. The number of rotatable bonds is 2. The zero-order valence-corrected chi connectivity index (χ0v) is 7.40. The second kappa shape index (κ2) is 2.85. The topological polar surface area (TPSA) is 72.9 Å². The van der Waals surface area contributed by atoms with Crippen molar-refractivity contribution in [1.29, 1.82) is 0 Å². The van der Waals surface area contributed by atoms with E-state index in [1.165, 1.54) is 0 Å². The van der Waals surface area contributed by atoms with Crippen molar-refractivity contribution in [2.24, 2.45) is 12.8 Å². The Labute approximate surface area is 75.9 Å². The van der Waals surface area contributed by atoms with E-state index < -0.39 is 0 Å². The van der Waals surface area contributed by atoms with Crippen molar-refractivity contribution in [2.45, 2.75) is 18.5 Å². The fourth-order valence-electron chi connectivity index (χ4n) is 1.17. The van der Waals surface area contributed by atoms with Crippen LogP contribution in [0.5, 0.6) is 0 Å². The first-order valence-electron chi connectivity index (χ1n) is 4.22. The lowest BCUT2D eigenvalue weighted by Crippen LogP contribution is -2.29. The number of nitrogens with zero attached hydrogens (tertiary/aromatic N) is 2. The quantitative estimate of drug-likeness (QED) is 0.629. The van der Waals surface area contributed by atoms with Gasteiger partial charge in [0.05, 0.1) is 11.8 Å². The lowest BCUT2D eigenvalue weighted by Gasteiger charge is -1.99. The molecule has 13 heavy (non-hydrogen) atoms. The van der Waals surface area contributed by atoms with Crippen LogP contribution in [0.4, 0.5) is 0 Å². The van der Waals surface area contributed by atoms with E-state index >= 15 is 0 Å². The maximum Gasteiger partial charge on any atom is 0.254 e. The first-order chi connectivity index (χ1) is 6.16. The molecule has 2 rings (SSSR count). The van der Waals surface area contributed by atoms with E-state index in [4.69, 9.17) is 5.73 Å². The second-order valence-electron chi connectivity index (χ2n) is 3.38. The zero-order valence-electron chi connectivity index (χ0n) is 7.40. The summed E-state index contributed by atoms with van der Waals surface area (Å²) in [7, 11) is 1.78. The molecule has 1 fully saturated rings. The van der Waals surface area contributed by atoms with Gasteiger partial charge in [0, 0.05) is 25.3 Å². The van der Waals surface area contributed by atoms with Crippen molar-refractivity contribution < 1.29 is 4.79 Å². The van der Waals surface area contributed by atoms with Crippen molar-refractivity contribution in [3.63, 3.8) is 0 Å². The monoisotopic (exact) mass is 180 g/mol. The highest BCUT2D eigenvalue weighted by atomic mass is 16.1. The Kier molecular flexibility index (Phi) is 1.81. The van der Waals surface area contributed by atoms with E-state index in [2.05, 4.69) is 10.4 Å². The summed E-state index contributed by atoms with van der Waals surface area (Å²) >= 11 is 0. The Hall–Kier alpha value is -1.36. The standard InChI is InChI=1S/C8H12N4O/c1-12-4-5(3-10-12)8(13)11-7-2-6(7)9/h3-4,6-7H,2,9H2,1H3,(H,11,13). The SMILES string of the molecule is Cn1cc(C(=O)NC2CC2N)cn1. The smallest absolute Gasteiger partial charge is 0.254 e. The molecule has 1 aliphatic rings. The number of hydrogen-bond acceptors (Lipinski definition) is 3. The molecule has 70 valence electrons. The molecule has 3 N–H and O–H groups in total. The van der Waals surface area contributed by atoms with Gasteiger partial charge in [-0.1, -0.05) is 0 Å². The average molecular weight is 180 g/mol. The summed E-state index contributed by atoms with van der Waals surface area (Å²) in [5.74, 6) is -0.0916. The number of amides is 1. The van der Waals surface area contributed by atoms with E-state index in [-0.39, 0.29) is 18.0 Å². The third kappa shape index (κ3) is 1.70. The molecular weight excluding hydrogens is 168 g/mol. The molecule has 2 atom stereocenters. The number of nitrogens with two attached hydrogens (primary N) is 1. The Morgan fingerprint density at radius 1 is 1.85 bits per heavy atom. The van der Waals surface area contributed by atoms with E-state index in [9.17, 15) is 4.79 Å². The molecule has 0 radical (unpaired) electrons. The number of aromatic nitrogens is 2. The van der Waals surface area contributed by atoms with Crippen molar-refractivity contribution in [1.82, 2.24) is 15.1 Å². The highest BCUT2D eigenvalue weighted by Crippen LogP contribution is 2.18. The molecule has 0 bridgehead atoms. The fraction of sp³-hybridized carbons (Fsp3) is 0.500. The van der Waals surface area contributed by atoms with E-state index in [0.29, 0.717) is 5.56 Å². The van der Waals surface area contributed by atoms with Crippen molar-refractivity contribution >= 4 is 5.91 Å². The average Bonchev–Trinajstić information content (AvgIpc) is 2.62. The molecule has 0 aromatic carbocycles. The van der Waals surface area contributed by atoms with Gasteiger partial charge in [-0.05, 0) is 6.42 Å². The molecule has 5 nitrogen and oxygen atoms in total. The normalized spacial score (nSPS) is 25.7. The Morgan fingerprint density at radius 3 is 3.00 bits per heavy atom. The predicted octanol–water partition coefficient (Wildman–Crippen LogP) is -0.750. The van der Waals surface area contributed by atoms with Crippen LogP contribution in [-0.4, -0.2) is 27.8 Å². The summed E-state index contributed by atoms with van der Waals surface area (Å²) in [5.41, 5.74) is 6.15. The maximum absolute atomic E-state index is 11.4. The Balaban J connectivity index is 1.97. The van der Waals surface area contributed by atoms with Crippen LogP contribution >= 0.6 is 0 Å². The minimum atomic E-state index is -0.0916. The molecule has 1 aliphatic carbocycles. The zero-order chi connectivity index (χ0) is 9.42. The summed E-state index contributed by atoms with van der Waals surface area (Å²) in [6.07, 6.45) is 4.11. The predicted molar refractivity (Wildman–Crippen MR) is 47.1 cm³/mol. The van der Waals surface area contributed by atoms with Gasteiger partial charge in [0.1, 0.15) is 0 Å². The van der Waals surface area contributed by atoms with Crippen molar-refractivity contribution in [3.05, 3.63) is 18.0 Å². The van der Waals surface area contributed by atoms with Gasteiger partial charge in [0.15, 0.2) is 0 Å². The van der Waals surface area contributed by atoms with Crippen LogP contribution in [0.3, 0.4) is 0 Å². The van der Waals surface area contributed by atoms with Crippen LogP contribution in [0.2, 0.25) is 0 Å². The van der Waals surface area contributed by atoms with E-state index in [0.717, 1.165) is 6.42 Å². The summed E-state index contributed by atoms with van der Waals surface area (Å²) in [5, 5.41) is 6.72. The number of nitrogens with one attached hydrogen (secondary N) is 1. The molecule has 1 aromatic rings. The Bertz CT molecular complexity index is 333. The molecular formula is C8H12N4O. The van der Waals surface area contributed by atoms with Gasteiger partial charge < -0.3 is 11.1 Å². The highest BCUT2D eigenvalue weighted by Gasteiger charge is 2.34. The fourth-order valence-corrected chi connectivity index (χ4v) is 1.17. The van der Waals surface area contributed by atoms with Gasteiger partial charge in [-0.3, -0.25) is 9.48 Å². The minimum absolute atomic E-state index is 0.0916. The number of aryl methyl sites for hydroxylation is 1. The minimum Gasteiger partial charge on any atom is -0.348 e. The third-order valence-corrected chi connectivity index (χ3v) is 2.12. The summed E-state index contributed by atoms with van der Waals surface area (Å²) in [6, 6.07) is 0.299. The molecule has 1 heterocycles. The van der Waals surface area contributed by atoms with Crippen LogP contribution in [0.25, 0.3) is 0 Å². The van der Waals surface area contributed by atoms with Crippen LogP contribution in [0.15, 0.2) is 12.4 Å². The summed E-state index contributed by atoms with van der Waals surface area (Å²) in [6.45, 7) is 0. The summed E-state index contributed by atoms with van der Waals surface area (Å²) < 4.78 is 1.60. The third-order valence-electron chi connectivity index (χ3n) is 2.12. The molecule has 1 aromatic heterocycles. The number of carbonyl (C=O) groups is 1. The molecule has 1 amide bonds. The summed E-state index contributed by atoms with van der Waals surface area (Å²) in [4.78, 5) is 11.4. The molecule has 0 saturated heterocycles. The van der Waals surface area contributed by atoms with E-state index in [1.54, 1.807) is 24.1 Å². The molecule has 0 spiro atoms. The van der Waals surface area contributed by atoms with E-state index in [1.807, 2.05) is 0 Å². The van der Waals surface area contributed by atoms with Gasteiger partial charge in [0.2, 0.25) is 0 Å². The molecule has 2 unspecified atom stereocenters. The van der Waals surface area contributed by atoms with Crippen molar-refractivity contribution in [2.75, 3.05) is 0 Å². The van der Waals surface area contributed by atoms with Gasteiger partial charge in [-0.25, -0.2) is 0 Å². The number of hydrogen-bond donors (Lipinski definition) is 2. The first kappa shape index (κ1) is 8.25. The van der Waals surface area contributed by atoms with Gasteiger partial charge in [-0.2, -0.15) is 5.10 Å². The molecule has 5 heteroatoms. The lowest BCUT2D eigenvalue weighted by molar-refractivity contribution is 0.0950. The number of carbonyl (C=O) groups excluding carboxylic acids is 1. The van der Waals surface area contributed by atoms with Crippen LogP contribution in [0.1, 0.15) is 16.8 Å². The second-order valence-corrected chi connectivity index (χ2v) is 3.38. The maximum atomic E-state index is 11.4. The van der Waals surface area contributed by atoms with Gasteiger partial charge in [0.25, 0.3) is 5.91 Å². The van der Waals surface area contributed by atoms with Crippen LogP contribution in [0, 0.1) is 0 Å². The van der Waals surface area contributed by atoms with Crippen molar-refractivity contribution in [3.8, 4) is 0 Å². The van der Waals surface area contributed by atoms with Gasteiger partial charge >= 0.3 is 0 Å². The first-order valence-corrected chi connectivity index (χ1v) is 4.22. The largest absolute Gasteiger partial charge is 0.348 e. The van der Waals surface area contributed by atoms with Gasteiger partial charge in [-0.15, -0.1) is 0 Å².